The molecule has 0 aromatic rings. The Kier molecular flexibility index (Phi) is 6.72. The van der Waals surface area contributed by atoms with E-state index in [4.69, 9.17) is 5.73 Å². The lowest BCUT2D eigenvalue weighted by atomic mass is 9.85. The molecule has 0 aliphatic carbocycles. The summed E-state index contributed by atoms with van der Waals surface area (Å²) >= 11 is 0. The van der Waals surface area contributed by atoms with Gasteiger partial charge in [0.2, 0.25) is 5.91 Å². The lowest BCUT2D eigenvalue weighted by Crippen LogP contribution is -2.42. The quantitative estimate of drug-likeness (QED) is 0.737. The molecule has 0 heterocycles. The summed E-state index contributed by atoms with van der Waals surface area (Å²) in [4.78, 5) is 13.9. The number of rotatable bonds is 6. The van der Waals surface area contributed by atoms with E-state index in [1.807, 2.05) is 21.0 Å². The first kappa shape index (κ1) is 16.4. The van der Waals surface area contributed by atoms with Crippen molar-refractivity contribution >= 4 is 5.91 Å². The van der Waals surface area contributed by atoms with Crippen LogP contribution in [0.4, 0.5) is 0 Å². The third-order valence-electron chi connectivity index (χ3n) is 2.93. The Morgan fingerprint density at radius 1 is 1.35 bits per heavy atom. The molecule has 4 heteroatoms. The normalized spacial score (nSPS) is 15.8. The molecule has 0 fully saturated rings. The van der Waals surface area contributed by atoms with Crippen LogP contribution in [0.3, 0.4) is 0 Å². The molecular formula is C13H29N3O. The van der Waals surface area contributed by atoms with E-state index < -0.39 is 0 Å². The Hall–Kier alpha value is -0.610. The molecule has 0 aliphatic rings. The molecule has 0 aromatic heterocycles. The molecule has 2 atom stereocenters. The average Bonchev–Trinajstić information content (AvgIpc) is 2.12. The molecular weight excluding hydrogens is 214 g/mol. The second-order valence-corrected chi connectivity index (χ2v) is 6.24. The third-order valence-corrected chi connectivity index (χ3v) is 2.93. The third kappa shape index (κ3) is 8.16. The van der Waals surface area contributed by atoms with Crippen molar-refractivity contribution in [1.82, 2.24) is 10.2 Å². The monoisotopic (exact) mass is 243 g/mol. The Bertz CT molecular complexity index is 233. The number of amides is 1. The highest BCUT2D eigenvalue weighted by Gasteiger charge is 2.23. The lowest BCUT2D eigenvalue weighted by molar-refractivity contribution is -0.122. The molecule has 3 N–H and O–H groups in total. The molecule has 17 heavy (non-hydrogen) atoms. The van der Waals surface area contributed by atoms with Crippen molar-refractivity contribution in [2.75, 3.05) is 20.6 Å². The predicted octanol–water partition coefficient (Wildman–Crippen LogP) is 1.21. The SMILES string of the molecule is CC(CCN(C)C)NC(=O)CC(N)C(C)(C)C. The zero-order valence-corrected chi connectivity index (χ0v) is 12.2. The first-order valence-corrected chi connectivity index (χ1v) is 6.32. The molecule has 0 rings (SSSR count). The summed E-state index contributed by atoms with van der Waals surface area (Å²) in [5, 5.41) is 2.99. The molecule has 2 unspecified atom stereocenters. The summed E-state index contributed by atoms with van der Waals surface area (Å²) in [7, 11) is 4.06. The summed E-state index contributed by atoms with van der Waals surface area (Å²) in [6, 6.07) is 0.112. The molecule has 0 radical (unpaired) electrons. The summed E-state index contributed by atoms with van der Waals surface area (Å²) in [6.07, 6.45) is 1.36. The van der Waals surface area contributed by atoms with Crippen molar-refractivity contribution in [3.8, 4) is 0 Å². The van der Waals surface area contributed by atoms with Gasteiger partial charge in [-0.05, 0) is 39.4 Å². The van der Waals surface area contributed by atoms with E-state index in [0.717, 1.165) is 13.0 Å². The highest BCUT2D eigenvalue weighted by atomic mass is 16.1. The summed E-state index contributed by atoms with van der Waals surface area (Å²) < 4.78 is 0. The fourth-order valence-electron chi connectivity index (χ4n) is 1.36. The summed E-state index contributed by atoms with van der Waals surface area (Å²) in [5.74, 6) is 0.0543. The van der Waals surface area contributed by atoms with Crippen LogP contribution >= 0.6 is 0 Å². The molecule has 0 bridgehead atoms. The molecule has 0 spiro atoms. The van der Waals surface area contributed by atoms with E-state index in [2.05, 4.69) is 31.0 Å². The first-order valence-electron chi connectivity index (χ1n) is 6.32. The molecule has 1 amide bonds. The van der Waals surface area contributed by atoms with Gasteiger partial charge in [0, 0.05) is 18.5 Å². The average molecular weight is 243 g/mol. The minimum Gasteiger partial charge on any atom is -0.354 e. The standard InChI is InChI=1S/C13H29N3O/c1-10(7-8-16(5)6)15-12(17)9-11(14)13(2,3)4/h10-11H,7-9,14H2,1-6H3,(H,15,17). The number of hydrogen-bond acceptors (Lipinski definition) is 3. The van der Waals surface area contributed by atoms with Gasteiger partial charge < -0.3 is 16.0 Å². The van der Waals surface area contributed by atoms with Crippen molar-refractivity contribution in [2.24, 2.45) is 11.1 Å². The van der Waals surface area contributed by atoms with Gasteiger partial charge in [0.05, 0.1) is 0 Å². The van der Waals surface area contributed by atoms with Gasteiger partial charge in [-0.25, -0.2) is 0 Å². The minimum atomic E-state index is -0.0939. The maximum atomic E-state index is 11.8. The number of carbonyl (C=O) groups excluding carboxylic acids is 1. The number of nitrogens with one attached hydrogen (secondary N) is 1. The van der Waals surface area contributed by atoms with Crippen molar-refractivity contribution in [1.29, 1.82) is 0 Å². The largest absolute Gasteiger partial charge is 0.354 e. The van der Waals surface area contributed by atoms with Gasteiger partial charge in [0.1, 0.15) is 0 Å². The number of hydrogen-bond donors (Lipinski definition) is 2. The van der Waals surface area contributed by atoms with Crippen molar-refractivity contribution in [3.63, 3.8) is 0 Å². The summed E-state index contributed by atoms with van der Waals surface area (Å²) in [6.45, 7) is 9.18. The molecule has 102 valence electrons. The van der Waals surface area contributed by atoms with Gasteiger partial charge in [-0.1, -0.05) is 20.8 Å². The maximum absolute atomic E-state index is 11.8. The van der Waals surface area contributed by atoms with Crippen LogP contribution in [-0.4, -0.2) is 43.5 Å². The highest BCUT2D eigenvalue weighted by Crippen LogP contribution is 2.19. The predicted molar refractivity (Wildman–Crippen MR) is 72.8 cm³/mol. The van der Waals surface area contributed by atoms with Crippen molar-refractivity contribution < 1.29 is 4.79 Å². The second-order valence-electron chi connectivity index (χ2n) is 6.24. The number of nitrogens with zero attached hydrogens (tertiary/aromatic N) is 1. The lowest BCUT2D eigenvalue weighted by Gasteiger charge is -2.27. The van der Waals surface area contributed by atoms with E-state index in [1.165, 1.54) is 0 Å². The van der Waals surface area contributed by atoms with Crippen LogP contribution in [0.5, 0.6) is 0 Å². The smallest absolute Gasteiger partial charge is 0.221 e. The molecule has 0 saturated heterocycles. The number of carbonyl (C=O) groups is 1. The van der Waals surface area contributed by atoms with Gasteiger partial charge in [-0.15, -0.1) is 0 Å². The van der Waals surface area contributed by atoms with E-state index in [0.29, 0.717) is 6.42 Å². The van der Waals surface area contributed by atoms with Crippen LogP contribution in [0, 0.1) is 5.41 Å². The number of nitrogens with two attached hydrogens (primary N) is 1. The van der Waals surface area contributed by atoms with Crippen LogP contribution < -0.4 is 11.1 Å². The van der Waals surface area contributed by atoms with Gasteiger partial charge in [-0.3, -0.25) is 4.79 Å². The van der Waals surface area contributed by atoms with E-state index in [9.17, 15) is 4.79 Å². The zero-order valence-electron chi connectivity index (χ0n) is 12.2. The van der Waals surface area contributed by atoms with Crippen LogP contribution in [0.25, 0.3) is 0 Å². The van der Waals surface area contributed by atoms with E-state index >= 15 is 0 Å². The second kappa shape index (κ2) is 6.97. The van der Waals surface area contributed by atoms with Crippen molar-refractivity contribution in [2.45, 2.75) is 52.6 Å². The summed E-state index contributed by atoms with van der Waals surface area (Å²) in [5.41, 5.74) is 5.96. The minimum absolute atomic E-state index is 0.0236. The van der Waals surface area contributed by atoms with Crippen LogP contribution in [-0.2, 0) is 4.79 Å². The molecule has 0 saturated carbocycles. The van der Waals surface area contributed by atoms with Crippen molar-refractivity contribution in [3.05, 3.63) is 0 Å². The van der Waals surface area contributed by atoms with Crippen LogP contribution in [0.2, 0.25) is 0 Å². The Labute approximate surface area is 106 Å². The zero-order chi connectivity index (χ0) is 13.6. The molecule has 4 nitrogen and oxygen atoms in total. The Morgan fingerprint density at radius 3 is 2.29 bits per heavy atom. The topological polar surface area (TPSA) is 58.4 Å². The maximum Gasteiger partial charge on any atom is 0.221 e. The van der Waals surface area contributed by atoms with Crippen LogP contribution in [0.1, 0.15) is 40.5 Å². The highest BCUT2D eigenvalue weighted by molar-refractivity contribution is 5.76. The Balaban J connectivity index is 3.93. The first-order chi connectivity index (χ1) is 7.62. The fraction of sp³-hybridized carbons (Fsp3) is 0.923. The fourth-order valence-corrected chi connectivity index (χ4v) is 1.36. The van der Waals surface area contributed by atoms with Crippen LogP contribution in [0.15, 0.2) is 0 Å². The van der Waals surface area contributed by atoms with Gasteiger partial charge in [-0.2, -0.15) is 0 Å². The molecule has 0 aliphatic heterocycles. The van der Waals surface area contributed by atoms with Gasteiger partial charge in [0.25, 0.3) is 0 Å². The van der Waals surface area contributed by atoms with E-state index in [1.54, 1.807) is 0 Å². The van der Waals surface area contributed by atoms with Gasteiger partial charge >= 0.3 is 0 Å². The Morgan fingerprint density at radius 2 is 1.88 bits per heavy atom. The van der Waals surface area contributed by atoms with E-state index in [-0.39, 0.29) is 23.4 Å². The van der Waals surface area contributed by atoms with Gasteiger partial charge in [0.15, 0.2) is 0 Å². The molecule has 0 aromatic carbocycles.